The van der Waals surface area contributed by atoms with Crippen LogP contribution < -0.4 is 10.6 Å². The van der Waals surface area contributed by atoms with E-state index in [2.05, 4.69) is 22.5 Å². The number of carbonyl (C=O) groups is 1. The van der Waals surface area contributed by atoms with Crippen LogP contribution in [-0.4, -0.2) is 62.8 Å². The van der Waals surface area contributed by atoms with Gasteiger partial charge in [-0.1, -0.05) is 6.92 Å². The summed E-state index contributed by atoms with van der Waals surface area (Å²) in [6.07, 6.45) is 6.07. The first-order chi connectivity index (χ1) is 10.3. The molecule has 5 heteroatoms. The van der Waals surface area contributed by atoms with Crippen LogP contribution in [-0.2, 0) is 9.53 Å². The first kappa shape index (κ1) is 16.7. The van der Waals surface area contributed by atoms with E-state index in [1.165, 1.54) is 12.8 Å². The van der Waals surface area contributed by atoms with Crippen molar-refractivity contribution in [3.63, 3.8) is 0 Å². The Balaban J connectivity index is 1.68. The van der Waals surface area contributed by atoms with Crippen LogP contribution >= 0.6 is 0 Å². The third-order valence-corrected chi connectivity index (χ3v) is 4.37. The summed E-state index contributed by atoms with van der Waals surface area (Å²) >= 11 is 0. The Kier molecular flexibility index (Phi) is 7.47. The first-order valence-electron chi connectivity index (χ1n) is 8.59. The maximum atomic E-state index is 12.1. The van der Waals surface area contributed by atoms with E-state index in [9.17, 15) is 4.79 Å². The van der Waals surface area contributed by atoms with E-state index in [4.69, 9.17) is 4.74 Å². The second-order valence-corrected chi connectivity index (χ2v) is 6.39. The van der Waals surface area contributed by atoms with Crippen LogP contribution in [0.15, 0.2) is 0 Å². The number of rotatable bonds is 8. The van der Waals surface area contributed by atoms with E-state index in [0.29, 0.717) is 19.0 Å². The standard InChI is InChI=1S/C16H31N3O2/c1-2-8-19(12-14-5-3-7-17-10-14)13-16(20)18-11-15-6-4-9-21-15/h14-15,17H,2-13H2,1H3,(H,18,20). The van der Waals surface area contributed by atoms with Crippen LogP contribution in [0, 0.1) is 5.92 Å². The molecule has 2 saturated heterocycles. The fourth-order valence-corrected chi connectivity index (χ4v) is 3.29. The van der Waals surface area contributed by atoms with Crippen molar-refractivity contribution in [3.05, 3.63) is 0 Å². The van der Waals surface area contributed by atoms with Crippen LogP contribution in [0.25, 0.3) is 0 Å². The van der Waals surface area contributed by atoms with Gasteiger partial charge in [-0.2, -0.15) is 0 Å². The van der Waals surface area contributed by atoms with Crippen molar-refractivity contribution in [3.8, 4) is 0 Å². The Morgan fingerprint density at radius 2 is 2.29 bits per heavy atom. The highest BCUT2D eigenvalue weighted by atomic mass is 16.5. The van der Waals surface area contributed by atoms with E-state index < -0.39 is 0 Å². The molecule has 0 aromatic carbocycles. The van der Waals surface area contributed by atoms with Gasteiger partial charge >= 0.3 is 0 Å². The quantitative estimate of drug-likeness (QED) is 0.702. The largest absolute Gasteiger partial charge is 0.376 e. The molecule has 0 aromatic heterocycles. The van der Waals surface area contributed by atoms with Crippen LogP contribution in [0.5, 0.6) is 0 Å². The molecular weight excluding hydrogens is 266 g/mol. The van der Waals surface area contributed by atoms with Gasteiger partial charge in [0.2, 0.25) is 5.91 Å². The van der Waals surface area contributed by atoms with Crippen molar-refractivity contribution >= 4 is 5.91 Å². The van der Waals surface area contributed by atoms with Gasteiger partial charge in [0, 0.05) is 19.7 Å². The van der Waals surface area contributed by atoms with Crippen LogP contribution in [0.4, 0.5) is 0 Å². The van der Waals surface area contributed by atoms with Gasteiger partial charge in [0.25, 0.3) is 0 Å². The van der Waals surface area contributed by atoms with E-state index in [0.717, 1.165) is 52.0 Å². The topological polar surface area (TPSA) is 53.6 Å². The van der Waals surface area contributed by atoms with Gasteiger partial charge in [-0.15, -0.1) is 0 Å². The molecule has 2 aliphatic rings. The van der Waals surface area contributed by atoms with Gasteiger partial charge in [0.05, 0.1) is 12.6 Å². The predicted octanol–water partition coefficient (Wildman–Crippen LogP) is 0.993. The third kappa shape index (κ3) is 6.32. The summed E-state index contributed by atoms with van der Waals surface area (Å²) < 4.78 is 5.54. The molecule has 0 radical (unpaired) electrons. The van der Waals surface area contributed by atoms with Crippen molar-refractivity contribution in [1.29, 1.82) is 0 Å². The normalized spacial score (nSPS) is 26.2. The van der Waals surface area contributed by atoms with Gasteiger partial charge in [-0.3, -0.25) is 9.69 Å². The summed E-state index contributed by atoms with van der Waals surface area (Å²) in [4.78, 5) is 14.4. The van der Waals surface area contributed by atoms with Gasteiger partial charge in [-0.25, -0.2) is 0 Å². The van der Waals surface area contributed by atoms with Gasteiger partial charge in [0.1, 0.15) is 0 Å². The van der Waals surface area contributed by atoms with Crippen LogP contribution in [0.1, 0.15) is 39.0 Å². The molecule has 0 aromatic rings. The van der Waals surface area contributed by atoms with Crippen LogP contribution in [0.3, 0.4) is 0 Å². The lowest BCUT2D eigenvalue weighted by Crippen LogP contribution is -2.44. The van der Waals surface area contributed by atoms with Crippen molar-refractivity contribution in [2.45, 2.75) is 45.1 Å². The molecule has 21 heavy (non-hydrogen) atoms. The molecule has 2 rings (SSSR count). The number of piperidine rings is 1. The Morgan fingerprint density at radius 1 is 1.38 bits per heavy atom. The zero-order chi connectivity index (χ0) is 14.9. The highest BCUT2D eigenvalue weighted by Gasteiger charge is 2.20. The monoisotopic (exact) mass is 297 g/mol. The minimum absolute atomic E-state index is 0.141. The third-order valence-electron chi connectivity index (χ3n) is 4.37. The maximum absolute atomic E-state index is 12.1. The number of ether oxygens (including phenoxy) is 1. The average molecular weight is 297 g/mol. The lowest BCUT2D eigenvalue weighted by Gasteiger charge is -2.29. The van der Waals surface area contributed by atoms with Gasteiger partial charge < -0.3 is 15.4 Å². The first-order valence-corrected chi connectivity index (χ1v) is 8.59. The molecule has 2 N–H and O–H groups in total. The van der Waals surface area contributed by atoms with E-state index in [1.807, 2.05) is 0 Å². The molecule has 2 fully saturated rings. The lowest BCUT2D eigenvalue weighted by atomic mass is 9.99. The Labute approximate surface area is 128 Å². The Bertz CT molecular complexity index is 300. The molecule has 2 atom stereocenters. The van der Waals surface area contributed by atoms with Crippen molar-refractivity contribution < 1.29 is 9.53 Å². The fraction of sp³-hybridized carbons (Fsp3) is 0.938. The molecule has 1 amide bonds. The van der Waals surface area contributed by atoms with E-state index >= 15 is 0 Å². The second kappa shape index (κ2) is 9.38. The lowest BCUT2D eigenvalue weighted by molar-refractivity contribution is -0.122. The summed E-state index contributed by atoms with van der Waals surface area (Å²) in [5.74, 6) is 0.832. The van der Waals surface area contributed by atoms with Crippen LogP contribution in [0.2, 0.25) is 0 Å². The molecule has 0 saturated carbocycles. The Morgan fingerprint density at radius 3 is 2.95 bits per heavy atom. The van der Waals surface area contributed by atoms with Gasteiger partial charge in [-0.05, 0) is 57.7 Å². The Hall–Kier alpha value is -0.650. The van der Waals surface area contributed by atoms with Crippen molar-refractivity contribution in [2.75, 3.05) is 45.9 Å². The molecule has 2 unspecified atom stereocenters. The van der Waals surface area contributed by atoms with Crippen molar-refractivity contribution in [1.82, 2.24) is 15.5 Å². The fourth-order valence-electron chi connectivity index (χ4n) is 3.29. The molecule has 5 nitrogen and oxygen atoms in total. The summed E-state index contributed by atoms with van der Waals surface area (Å²) in [6, 6.07) is 0. The smallest absolute Gasteiger partial charge is 0.234 e. The van der Waals surface area contributed by atoms with Crippen molar-refractivity contribution in [2.24, 2.45) is 5.92 Å². The summed E-state index contributed by atoms with van der Waals surface area (Å²) in [5.41, 5.74) is 0. The zero-order valence-electron chi connectivity index (χ0n) is 13.4. The van der Waals surface area contributed by atoms with E-state index in [1.54, 1.807) is 0 Å². The van der Waals surface area contributed by atoms with E-state index in [-0.39, 0.29) is 12.0 Å². The predicted molar refractivity (Wildman–Crippen MR) is 84.3 cm³/mol. The summed E-state index contributed by atoms with van der Waals surface area (Å²) in [6.45, 7) is 8.50. The zero-order valence-corrected chi connectivity index (χ0v) is 13.4. The molecule has 0 aliphatic carbocycles. The number of nitrogens with zero attached hydrogens (tertiary/aromatic N) is 1. The maximum Gasteiger partial charge on any atom is 0.234 e. The summed E-state index contributed by atoms with van der Waals surface area (Å²) in [7, 11) is 0. The second-order valence-electron chi connectivity index (χ2n) is 6.39. The number of hydrogen-bond acceptors (Lipinski definition) is 4. The number of carbonyl (C=O) groups excluding carboxylic acids is 1. The summed E-state index contributed by atoms with van der Waals surface area (Å²) in [5, 5.41) is 6.48. The minimum Gasteiger partial charge on any atom is -0.376 e. The van der Waals surface area contributed by atoms with Gasteiger partial charge in [0.15, 0.2) is 0 Å². The molecular formula is C16H31N3O2. The number of amides is 1. The molecule has 0 bridgehead atoms. The number of nitrogens with one attached hydrogen (secondary N) is 2. The molecule has 122 valence electrons. The SMILES string of the molecule is CCCN(CC(=O)NCC1CCCO1)CC1CCCNC1. The minimum atomic E-state index is 0.141. The average Bonchev–Trinajstić information content (AvgIpc) is 3.00. The molecule has 2 aliphatic heterocycles. The highest BCUT2D eigenvalue weighted by molar-refractivity contribution is 5.78. The molecule has 2 heterocycles. The highest BCUT2D eigenvalue weighted by Crippen LogP contribution is 2.12. The number of hydrogen-bond donors (Lipinski definition) is 2. The molecule has 0 spiro atoms.